The quantitative estimate of drug-likeness (QED) is 0.525. The summed E-state index contributed by atoms with van der Waals surface area (Å²) in [5, 5.41) is 9.78. The van der Waals surface area contributed by atoms with Crippen molar-refractivity contribution in [1.29, 1.82) is 0 Å². The first-order valence-electron chi connectivity index (χ1n) is 5.17. The van der Waals surface area contributed by atoms with Crippen molar-refractivity contribution in [2.75, 3.05) is 6.61 Å². The smallest absolute Gasteiger partial charge is 0.0906 e. The van der Waals surface area contributed by atoms with Gasteiger partial charge in [0, 0.05) is 15.0 Å². The second-order valence-electron chi connectivity index (χ2n) is 4.62. The van der Waals surface area contributed by atoms with Gasteiger partial charge in [-0.15, -0.1) is 0 Å². The van der Waals surface area contributed by atoms with Gasteiger partial charge in [0.2, 0.25) is 0 Å². The highest BCUT2D eigenvalue weighted by atomic mass is 16.5. The van der Waals surface area contributed by atoms with Crippen LogP contribution in [0.5, 0.6) is 0 Å². The van der Waals surface area contributed by atoms with Gasteiger partial charge in [-0.25, -0.2) is 0 Å². The fourth-order valence-corrected chi connectivity index (χ4v) is 0.856. The molecule has 14 heavy (non-hydrogen) atoms. The lowest BCUT2D eigenvalue weighted by Crippen LogP contribution is -2.47. The number of rotatable bonds is 6. The molecule has 0 aliphatic carbocycles. The fraction of sp³-hybridized carbons (Fsp3) is 1.00. The third kappa shape index (κ3) is 5.66. The Bertz CT molecular complexity index is 139. The van der Waals surface area contributed by atoms with E-state index in [-0.39, 0.29) is 8.41 Å². The average Bonchev–Trinajstić information content (AvgIpc) is 1.96. The molecule has 0 rings (SSSR count). The van der Waals surface area contributed by atoms with E-state index in [1.807, 2.05) is 13.8 Å². The van der Waals surface area contributed by atoms with Crippen molar-refractivity contribution in [1.82, 2.24) is 0 Å². The highest BCUT2D eigenvalue weighted by Crippen LogP contribution is 2.25. The Balaban J connectivity index is 0. The Morgan fingerprint density at radius 3 is 1.93 bits per heavy atom. The van der Waals surface area contributed by atoms with E-state index >= 15 is 0 Å². The molecule has 0 saturated carbocycles. The van der Waals surface area contributed by atoms with Crippen LogP contribution in [0.15, 0.2) is 0 Å². The number of unbranched alkanes of at least 4 members (excludes halogenated alkanes) is 2. The standard InChI is InChI=1S/C11H24O2.B/c1-6-7-8-9-13-11(4,5)10(2,3)12;/h12H,6-9H2,1-5H3;. The molecule has 0 saturated heterocycles. The Hall–Kier alpha value is -0.0151. The van der Waals surface area contributed by atoms with E-state index in [0.717, 1.165) is 13.0 Å². The number of hydrogen-bond acceptors (Lipinski definition) is 2. The van der Waals surface area contributed by atoms with Crippen LogP contribution in [0.25, 0.3) is 0 Å². The normalized spacial score (nSPS) is 12.4. The van der Waals surface area contributed by atoms with Gasteiger partial charge in [0.1, 0.15) is 0 Å². The molecule has 0 unspecified atom stereocenters. The molecule has 0 amide bonds. The molecule has 3 heteroatoms. The van der Waals surface area contributed by atoms with Gasteiger partial charge >= 0.3 is 0 Å². The van der Waals surface area contributed by atoms with Crippen LogP contribution in [0, 0.1) is 0 Å². The van der Waals surface area contributed by atoms with E-state index in [1.54, 1.807) is 13.8 Å². The first-order valence-corrected chi connectivity index (χ1v) is 5.17. The van der Waals surface area contributed by atoms with Crippen LogP contribution in [0.1, 0.15) is 53.9 Å². The molecule has 0 bridgehead atoms. The van der Waals surface area contributed by atoms with E-state index in [4.69, 9.17) is 4.74 Å². The fourth-order valence-electron chi connectivity index (χ4n) is 0.856. The second kappa shape index (κ2) is 6.47. The monoisotopic (exact) mass is 199 g/mol. The van der Waals surface area contributed by atoms with Gasteiger partial charge < -0.3 is 9.84 Å². The molecule has 0 fully saturated rings. The van der Waals surface area contributed by atoms with Crippen molar-refractivity contribution in [3.8, 4) is 0 Å². The third-order valence-corrected chi connectivity index (χ3v) is 2.68. The molecule has 0 spiro atoms. The van der Waals surface area contributed by atoms with Crippen molar-refractivity contribution in [3.63, 3.8) is 0 Å². The van der Waals surface area contributed by atoms with Crippen LogP contribution in [0.3, 0.4) is 0 Å². The largest absolute Gasteiger partial charge is 0.387 e. The molecule has 83 valence electrons. The SMILES string of the molecule is CCCCCOC(C)(C)C(C)(C)O.[B]. The summed E-state index contributed by atoms with van der Waals surface area (Å²) in [7, 11) is 0. The second-order valence-corrected chi connectivity index (χ2v) is 4.62. The molecule has 0 aromatic rings. The predicted octanol–water partition coefficient (Wildman–Crippen LogP) is 2.36. The molecule has 1 N–H and O–H groups in total. The summed E-state index contributed by atoms with van der Waals surface area (Å²) in [6.45, 7) is 10.3. The number of ether oxygens (including phenoxy) is 1. The molecule has 0 aliphatic rings. The maximum atomic E-state index is 9.78. The Kier molecular flexibility index (Phi) is 7.58. The van der Waals surface area contributed by atoms with Gasteiger partial charge in [-0.05, 0) is 34.1 Å². The molecule has 2 nitrogen and oxygen atoms in total. The summed E-state index contributed by atoms with van der Waals surface area (Å²) in [4.78, 5) is 0. The van der Waals surface area contributed by atoms with Crippen LogP contribution in [0.4, 0.5) is 0 Å². The maximum absolute atomic E-state index is 9.78. The van der Waals surface area contributed by atoms with Gasteiger partial charge in [0.05, 0.1) is 11.2 Å². The van der Waals surface area contributed by atoms with Crippen molar-refractivity contribution < 1.29 is 9.84 Å². The van der Waals surface area contributed by atoms with E-state index in [9.17, 15) is 5.11 Å². The van der Waals surface area contributed by atoms with Gasteiger partial charge in [0.15, 0.2) is 0 Å². The summed E-state index contributed by atoms with van der Waals surface area (Å²) in [5.74, 6) is 0. The summed E-state index contributed by atoms with van der Waals surface area (Å²) < 4.78 is 5.65. The summed E-state index contributed by atoms with van der Waals surface area (Å²) in [6.07, 6.45) is 3.48. The third-order valence-electron chi connectivity index (χ3n) is 2.68. The van der Waals surface area contributed by atoms with Crippen molar-refractivity contribution >= 4 is 8.41 Å². The van der Waals surface area contributed by atoms with Gasteiger partial charge in [-0.3, -0.25) is 0 Å². The summed E-state index contributed by atoms with van der Waals surface area (Å²) >= 11 is 0. The van der Waals surface area contributed by atoms with Crippen LogP contribution >= 0.6 is 0 Å². The molecule has 0 heterocycles. The molecule has 3 radical (unpaired) electrons. The van der Waals surface area contributed by atoms with Crippen LogP contribution in [-0.2, 0) is 4.74 Å². The molecular formula is C11H24BO2. The minimum Gasteiger partial charge on any atom is -0.387 e. The van der Waals surface area contributed by atoms with E-state index in [2.05, 4.69) is 6.92 Å². The van der Waals surface area contributed by atoms with Crippen molar-refractivity contribution in [2.24, 2.45) is 0 Å². The highest BCUT2D eigenvalue weighted by Gasteiger charge is 2.35. The zero-order valence-electron chi connectivity index (χ0n) is 10.3. The predicted molar refractivity (Wildman–Crippen MR) is 61.6 cm³/mol. The molecule has 0 aliphatic heterocycles. The van der Waals surface area contributed by atoms with E-state index in [1.165, 1.54) is 12.8 Å². The van der Waals surface area contributed by atoms with Gasteiger partial charge in [0.25, 0.3) is 0 Å². The number of aliphatic hydroxyl groups is 1. The van der Waals surface area contributed by atoms with Crippen LogP contribution in [-0.4, -0.2) is 31.3 Å². The minimum absolute atomic E-state index is 0. The lowest BCUT2D eigenvalue weighted by molar-refractivity contribution is -0.147. The van der Waals surface area contributed by atoms with E-state index < -0.39 is 11.2 Å². The maximum Gasteiger partial charge on any atom is 0.0906 e. The summed E-state index contributed by atoms with van der Waals surface area (Å²) in [6, 6.07) is 0. The first-order chi connectivity index (χ1) is 5.81. The minimum atomic E-state index is -0.779. The zero-order chi connectivity index (χ0) is 10.5. The van der Waals surface area contributed by atoms with Crippen molar-refractivity contribution in [3.05, 3.63) is 0 Å². The highest BCUT2D eigenvalue weighted by molar-refractivity contribution is 5.75. The Labute approximate surface area is 90.6 Å². The van der Waals surface area contributed by atoms with E-state index in [0.29, 0.717) is 0 Å². The molecule has 0 aromatic heterocycles. The molecular weight excluding hydrogens is 175 g/mol. The van der Waals surface area contributed by atoms with Gasteiger partial charge in [-0.1, -0.05) is 19.8 Å². The van der Waals surface area contributed by atoms with Crippen LogP contribution < -0.4 is 0 Å². The van der Waals surface area contributed by atoms with Gasteiger partial charge in [-0.2, -0.15) is 0 Å². The average molecular weight is 199 g/mol. The summed E-state index contributed by atoms with van der Waals surface area (Å²) in [5.41, 5.74) is -1.24. The number of hydrogen-bond donors (Lipinski definition) is 1. The first kappa shape index (κ1) is 16.4. The topological polar surface area (TPSA) is 29.5 Å². The Morgan fingerprint density at radius 2 is 1.57 bits per heavy atom. The lowest BCUT2D eigenvalue weighted by Gasteiger charge is -2.37. The lowest BCUT2D eigenvalue weighted by atomic mass is 9.89. The van der Waals surface area contributed by atoms with Crippen molar-refractivity contribution in [2.45, 2.75) is 65.1 Å². The molecule has 0 atom stereocenters. The zero-order valence-corrected chi connectivity index (χ0v) is 10.3. The Morgan fingerprint density at radius 1 is 1.07 bits per heavy atom. The van der Waals surface area contributed by atoms with Crippen LogP contribution in [0.2, 0.25) is 0 Å². The molecule has 0 aromatic carbocycles.